The van der Waals surface area contributed by atoms with Crippen LogP contribution in [0.4, 0.5) is 11.5 Å². The Morgan fingerprint density at radius 2 is 2.02 bits per heavy atom. The fraction of sp³-hybridized carbons (Fsp3) is 0.333. The van der Waals surface area contributed by atoms with Crippen LogP contribution in [-0.4, -0.2) is 79.5 Å². The maximum absolute atomic E-state index is 13.2. The number of benzene rings is 1. The number of fused-ring (bicyclic) bond motifs is 2. The minimum atomic E-state index is -0.414. The van der Waals surface area contributed by atoms with Crippen molar-refractivity contribution in [1.82, 2.24) is 25.5 Å². The molecule has 2 aliphatic heterocycles. The highest BCUT2D eigenvalue weighted by Gasteiger charge is 2.42. The first-order chi connectivity index (χ1) is 19.8. The number of piperidine rings is 1. The van der Waals surface area contributed by atoms with Crippen molar-refractivity contribution in [3.05, 3.63) is 72.1 Å². The van der Waals surface area contributed by atoms with Crippen LogP contribution in [0.25, 0.3) is 11.3 Å². The van der Waals surface area contributed by atoms with Crippen LogP contribution in [0.3, 0.4) is 0 Å². The van der Waals surface area contributed by atoms with Gasteiger partial charge in [0.15, 0.2) is 0 Å². The van der Waals surface area contributed by atoms with Crippen molar-refractivity contribution in [2.75, 3.05) is 57.5 Å². The zero-order valence-corrected chi connectivity index (χ0v) is 23.3. The lowest BCUT2D eigenvalue weighted by molar-refractivity contribution is -0.111. The monoisotopic (exact) mass is 557 g/mol. The molecule has 214 valence electrons. The topological polar surface area (TPSA) is 140 Å². The van der Waals surface area contributed by atoms with Crippen molar-refractivity contribution in [3.8, 4) is 17.0 Å². The molecular formula is C30H35N7O4. The van der Waals surface area contributed by atoms with Gasteiger partial charge in [-0.3, -0.25) is 14.4 Å². The van der Waals surface area contributed by atoms with Crippen LogP contribution in [0.1, 0.15) is 39.3 Å². The van der Waals surface area contributed by atoms with Crippen LogP contribution in [0.5, 0.6) is 5.75 Å². The van der Waals surface area contributed by atoms with Gasteiger partial charge in [-0.1, -0.05) is 6.58 Å². The molecule has 1 unspecified atom stereocenters. The van der Waals surface area contributed by atoms with Crippen molar-refractivity contribution in [1.29, 1.82) is 0 Å². The van der Waals surface area contributed by atoms with Crippen LogP contribution in [-0.2, 0) is 10.2 Å². The fourth-order valence-electron chi connectivity index (χ4n) is 5.24. The van der Waals surface area contributed by atoms with Gasteiger partial charge in [0.1, 0.15) is 18.2 Å². The molecule has 1 fully saturated rings. The van der Waals surface area contributed by atoms with Gasteiger partial charge in [-0.25, -0.2) is 4.98 Å². The molecule has 0 radical (unpaired) electrons. The third-order valence-corrected chi connectivity index (χ3v) is 7.45. The summed E-state index contributed by atoms with van der Waals surface area (Å²) in [4.78, 5) is 47.7. The molecule has 11 heteroatoms. The van der Waals surface area contributed by atoms with Gasteiger partial charge in [-0.05, 0) is 76.0 Å². The number of aromatic amines is 1. The summed E-state index contributed by atoms with van der Waals surface area (Å²) in [5.41, 5.74) is 3.70. The van der Waals surface area contributed by atoms with E-state index >= 15 is 0 Å². The van der Waals surface area contributed by atoms with Gasteiger partial charge in [0.25, 0.3) is 11.8 Å². The molecule has 1 spiro atoms. The highest BCUT2D eigenvalue weighted by Crippen LogP contribution is 2.37. The molecule has 0 bridgehead atoms. The lowest BCUT2D eigenvalue weighted by atomic mass is 9.74. The summed E-state index contributed by atoms with van der Waals surface area (Å²) >= 11 is 0. The predicted octanol–water partition coefficient (Wildman–Crippen LogP) is 2.76. The number of likely N-dealkylation sites (N-methyl/N-ethyl adjacent to an activating group) is 1. The second-order valence-corrected chi connectivity index (χ2v) is 10.7. The largest absolute Gasteiger partial charge is 0.490 e. The molecule has 4 heterocycles. The first-order valence-electron chi connectivity index (χ1n) is 13.6. The number of nitrogens with zero attached hydrogens (tertiary/aromatic N) is 2. The molecule has 5 N–H and O–H groups in total. The molecule has 0 aliphatic carbocycles. The number of amides is 3. The van der Waals surface area contributed by atoms with E-state index < -0.39 is 11.8 Å². The fourth-order valence-corrected chi connectivity index (χ4v) is 5.24. The van der Waals surface area contributed by atoms with Gasteiger partial charge in [-0.15, -0.1) is 0 Å². The number of hydrogen-bond donors (Lipinski definition) is 5. The summed E-state index contributed by atoms with van der Waals surface area (Å²) < 4.78 is 5.82. The molecule has 2 aliphatic rings. The molecular weight excluding hydrogens is 522 g/mol. The number of aromatic nitrogens is 2. The zero-order valence-electron chi connectivity index (χ0n) is 23.3. The summed E-state index contributed by atoms with van der Waals surface area (Å²) in [6, 6.07) is 10.3. The maximum atomic E-state index is 13.2. The summed E-state index contributed by atoms with van der Waals surface area (Å²) in [6.45, 7) is 6.96. The minimum Gasteiger partial charge on any atom is -0.490 e. The Balaban J connectivity index is 1.36. The minimum absolute atomic E-state index is 0.0882. The second-order valence-electron chi connectivity index (χ2n) is 10.7. The maximum Gasteiger partial charge on any atom is 0.256 e. The van der Waals surface area contributed by atoms with Crippen molar-refractivity contribution in [2.45, 2.75) is 18.3 Å². The molecule has 3 aromatic rings. The molecule has 1 aromatic carbocycles. The van der Waals surface area contributed by atoms with Gasteiger partial charge < -0.3 is 35.9 Å². The summed E-state index contributed by atoms with van der Waals surface area (Å²) in [6.07, 6.45) is 4.79. The van der Waals surface area contributed by atoms with E-state index in [0.717, 1.165) is 49.0 Å². The highest BCUT2D eigenvalue weighted by atomic mass is 16.5. The number of hydrogen-bond acceptors (Lipinski definition) is 7. The Kier molecular flexibility index (Phi) is 8.18. The molecule has 3 amide bonds. The van der Waals surface area contributed by atoms with Crippen LogP contribution < -0.4 is 26.0 Å². The number of anilines is 2. The van der Waals surface area contributed by atoms with Crippen LogP contribution in [0.2, 0.25) is 0 Å². The Labute approximate surface area is 238 Å². The summed E-state index contributed by atoms with van der Waals surface area (Å²) in [5, 5.41) is 12.1. The van der Waals surface area contributed by atoms with E-state index in [1.807, 2.05) is 31.1 Å². The third-order valence-electron chi connectivity index (χ3n) is 7.45. The summed E-state index contributed by atoms with van der Waals surface area (Å²) in [7, 11) is 3.87. The molecule has 41 heavy (non-hydrogen) atoms. The number of rotatable bonds is 9. The van der Waals surface area contributed by atoms with E-state index in [2.05, 4.69) is 37.8 Å². The predicted molar refractivity (Wildman–Crippen MR) is 157 cm³/mol. The van der Waals surface area contributed by atoms with Crippen molar-refractivity contribution in [2.24, 2.45) is 0 Å². The first-order valence-corrected chi connectivity index (χ1v) is 13.6. The van der Waals surface area contributed by atoms with Gasteiger partial charge in [0.2, 0.25) is 5.91 Å². The second kappa shape index (κ2) is 11.9. The van der Waals surface area contributed by atoms with Crippen molar-refractivity contribution >= 4 is 29.2 Å². The van der Waals surface area contributed by atoms with E-state index in [-0.39, 0.29) is 11.3 Å². The Hall–Kier alpha value is -4.48. The highest BCUT2D eigenvalue weighted by molar-refractivity contribution is 6.06. The Bertz CT molecular complexity index is 1470. The Morgan fingerprint density at radius 1 is 1.17 bits per heavy atom. The van der Waals surface area contributed by atoms with Gasteiger partial charge in [0.05, 0.1) is 11.3 Å². The van der Waals surface area contributed by atoms with Crippen LogP contribution in [0.15, 0.2) is 55.3 Å². The van der Waals surface area contributed by atoms with Gasteiger partial charge in [-0.2, -0.15) is 0 Å². The van der Waals surface area contributed by atoms with E-state index in [0.29, 0.717) is 48.1 Å². The van der Waals surface area contributed by atoms with Crippen LogP contribution in [0, 0.1) is 0 Å². The van der Waals surface area contributed by atoms with E-state index in [4.69, 9.17) is 4.74 Å². The number of nitrogens with one attached hydrogen (secondary N) is 5. The number of carbonyl (C=O) groups is 3. The van der Waals surface area contributed by atoms with Gasteiger partial charge >= 0.3 is 0 Å². The number of ether oxygens (including phenoxy) is 1. The average Bonchev–Trinajstić information content (AvgIpc) is 3.44. The molecule has 1 saturated heterocycles. The van der Waals surface area contributed by atoms with Crippen LogP contribution >= 0.6 is 0 Å². The molecule has 2 aromatic heterocycles. The van der Waals surface area contributed by atoms with E-state index in [1.165, 1.54) is 0 Å². The number of H-pyrrole nitrogens is 1. The SMILES string of the molecule is C=CC(=O)Nc1cc(C(=O)Nc2cc(-c3cc4c([nH]3)C3(CCCNC3)CNC4=O)ccn2)ccc1OCCN(C)C. The molecule has 0 saturated carbocycles. The zero-order chi connectivity index (χ0) is 29.0. The third kappa shape index (κ3) is 6.16. The van der Waals surface area contributed by atoms with E-state index in [9.17, 15) is 14.4 Å². The molecule has 11 nitrogen and oxygen atoms in total. The number of pyridine rings is 1. The van der Waals surface area contributed by atoms with Crippen molar-refractivity contribution < 1.29 is 19.1 Å². The molecule has 5 rings (SSSR count). The lowest BCUT2D eigenvalue weighted by Crippen LogP contribution is -2.54. The average molecular weight is 558 g/mol. The van der Waals surface area contributed by atoms with Gasteiger partial charge in [0, 0.05) is 53.8 Å². The normalized spacial score (nSPS) is 18.0. The lowest BCUT2D eigenvalue weighted by Gasteiger charge is -2.40. The van der Waals surface area contributed by atoms with E-state index in [1.54, 1.807) is 30.5 Å². The summed E-state index contributed by atoms with van der Waals surface area (Å²) in [5.74, 6) is -0.107. The standard InChI is InChI=1S/C30H35N7O4/c1-4-26(38)34-23-14-20(6-7-24(23)41-13-12-37(2)3)28(39)36-25-15-19(8-11-32-25)22-16-21-27(35-22)30(18-33-29(21)40)9-5-10-31-17-30/h4,6-8,11,14-16,31,35H,1,5,9-10,12-13,17-18H2,2-3H3,(H,33,40)(H,34,38)(H,32,36,39). The Morgan fingerprint density at radius 3 is 2.78 bits per heavy atom. The quantitative estimate of drug-likeness (QED) is 0.255. The smallest absolute Gasteiger partial charge is 0.256 e. The number of carbonyl (C=O) groups excluding carboxylic acids is 3. The first kappa shape index (κ1) is 28.1. The molecule has 1 atom stereocenters. The van der Waals surface area contributed by atoms with Crippen molar-refractivity contribution in [3.63, 3.8) is 0 Å².